The van der Waals surface area contributed by atoms with Gasteiger partial charge in [-0.3, -0.25) is 9.59 Å². The molecule has 3 N–H and O–H groups in total. The van der Waals surface area contributed by atoms with Gasteiger partial charge >= 0.3 is 0 Å². The fourth-order valence-corrected chi connectivity index (χ4v) is 6.03. The first-order chi connectivity index (χ1) is 17.4. The van der Waals surface area contributed by atoms with Crippen LogP contribution in [0.3, 0.4) is 0 Å². The predicted octanol–water partition coefficient (Wildman–Crippen LogP) is 3.27. The summed E-state index contributed by atoms with van der Waals surface area (Å²) in [6, 6.07) is 1.15. The van der Waals surface area contributed by atoms with E-state index in [1.54, 1.807) is 25.7 Å². The highest BCUT2D eigenvalue weighted by molar-refractivity contribution is 7.89. The first-order valence-electron chi connectivity index (χ1n) is 12.5. The van der Waals surface area contributed by atoms with Gasteiger partial charge in [0, 0.05) is 24.2 Å². The molecule has 0 radical (unpaired) electrons. The smallest absolute Gasteiger partial charge is 0.239 e. The maximum absolute atomic E-state index is 14.2. The number of carbonyl (C=O) groups is 2. The summed E-state index contributed by atoms with van der Waals surface area (Å²) in [5.74, 6) is -2.52. The van der Waals surface area contributed by atoms with Gasteiger partial charge in [-0.25, -0.2) is 26.9 Å². The molecule has 1 aromatic heterocycles. The third kappa shape index (κ3) is 7.81. The number of aromatic amines is 1. The fraction of sp³-hybridized carbons (Fsp3) is 0.560. The SMILES string of the molecule is CC(C)CS(=O)(=O)N[C@@H](CC(=O)N1CCCC[C@@H]1C)C(=O)N[C@@H](C)c1ncc(-c2ccc(F)cc2F)[nH]1. The summed E-state index contributed by atoms with van der Waals surface area (Å²) in [5, 5.41) is 2.70. The number of H-pyrrole nitrogens is 1. The lowest BCUT2D eigenvalue weighted by Gasteiger charge is -2.34. The highest BCUT2D eigenvalue weighted by atomic mass is 32.2. The number of rotatable bonds is 10. The molecular formula is C25H35F2N5O4S. The number of sulfonamides is 1. The zero-order valence-corrected chi connectivity index (χ0v) is 22.4. The molecule has 1 fully saturated rings. The molecule has 12 heteroatoms. The van der Waals surface area contributed by atoms with Gasteiger partial charge in [0.2, 0.25) is 21.8 Å². The van der Waals surface area contributed by atoms with E-state index in [1.807, 2.05) is 6.92 Å². The lowest BCUT2D eigenvalue weighted by Crippen LogP contribution is -2.52. The second-order valence-electron chi connectivity index (χ2n) is 10.0. The quantitative estimate of drug-likeness (QED) is 0.428. The number of carbonyl (C=O) groups excluding carboxylic acids is 2. The Morgan fingerprint density at radius 3 is 2.59 bits per heavy atom. The van der Waals surface area contributed by atoms with Crippen LogP contribution in [0.5, 0.6) is 0 Å². The molecule has 2 aromatic rings. The van der Waals surface area contributed by atoms with E-state index in [9.17, 15) is 26.8 Å². The highest BCUT2D eigenvalue weighted by Crippen LogP contribution is 2.23. The van der Waals surface area contributed by atoms with E-state index in [0.29, 0.717) is 6.54 Å². The summed E-state index contributed by atoms with van der Waals surface area (Å²) in [7, 11) is -3.83. The van der Waals surface area contributed by atoms with Gasteiger partial charge in [-0.15, -0.1) is 0 Å². The van der Waals surface area contributed by atoms with Crippen molar-refractivity contribution >= 4 is 21.8 Å². The van der Waals surface area contributed by atoms with E-state index in [4.69, 9.17) is 0 Å². The number of likely N-dealkylation sites (tertiary alicyclic amines) is 1. The number of nitrogens with zero attached hydrogens (tertiary/aromatic N) is 2. The number of halogens is 2. The molecule has 0 bridgehead atoms. The Kier molecular flexibility index (Phi) is 9.41. The zero-order valence-electron chi connectivity index (χ0n) is 21.6. The summed E-state index contributed by atoms with van der Waals surface area (Å²) >= 11 is 0. The molecule has 0 aliphatic carbocycles. The molecule has 0 saturated carbocycles. The van der Waals surface area contributed by atoms with Crippen LogP contribution in [0.15, 0.2) is 24.4 Å². The molecule has 2 heterocycles. The molecular weight excluding hydrogens is 504 g/mol. The molecule has 1 aromatic carbocycles. The molecule has 1 aliphatic rings. The van der Waals surface area contributed by atoms with Crippen LogP contribution in [-0.4, -0.2) is 59.5 Å². The predicted molar refractivity (Wildman–Crippen MR) is 136 cm³/mol. The number of hydrogen-bond acceptors (Lipinski definition) is 5. The number of piperidine rings is 1. The maximum Gasteiger partial charge on any atom is 0.239 e. The third-order valence-corrected chi connectivity index (χ3v) is 8.03. The Morgan fingerprint density at radius 2 is 1.95 bits per heavy atom. The molecule has 3 atom stereocenters. The number of benzene rings is 1. The summed E-state index contributed by atoms with van der Waals surface area (Å²) < 4.78 is 55.1. The van der Waals surface area contributed by atoms with Crippen LogP contribution in [0, 0.1) is 17.6 Å². The van der Waals surface area contributed by atoms with Gasteiger partial charge in [0.05, 0.1) is 30.1 Å². The zero-order chi connectivity index (χ0) is 27.3. The minimum absolute atomic E-state index is 0.0181. The van der Waals surface area contributed by atoms with Gasteiger partial charge < -0.3 is 15.2 Å². The van der Waals surface area contributed by atoms with Gasteiger partial charge in [0.1, 0.15) is 23.5 Å². The van der Waals surface area contributed by atoms with Gasteiger partial charge in [-0.2, -0.15) is 0 Å². The summed E-state index contributed by atoms with van der Waals surface area (Å²) in [5.41, 5.74) is 0.399. The van der Waals surface area contributed by atoms with E-state index in [0.717, 1.165) is 31.4 Å². The Bertz CT molecular complexity index is 1220. The van der Waals surface area contributed by atoms with Gasteiger partial charge in [0.25, 0.3) is 0 Å². The number of aromatic nitrogens is 2. The standard InChI is InChI=1S/C25H35F2N5O4S/c1-15(2)14-37(35,36)31-21(12-23(33)32-10-6-5-7-16(32)3)25(34)29-17(4)24-28-13-22(30-24)19-9-8-18(26)11-20(19)27/h8-9,11,13,15-17,21,31H,5-7,10,12,14H2,1-4H3,(H,28,30)(H,29,34)/t16-,17-,21-/m0/s1. The second kappa shape index (κ2) is 12.1. The topological polar surface area (TPSA) is 124 Å². The summed E-state index contributed by atoms with van der Waals surface area (Å²) in [6.07, 6.45) is 3.77. The Balaban J connectivity index is 1.76. The Morgan fingerprint density at radius 1 is 1.22 bits per heavy atom. The lowest BCUT2D eigenvalue weighted by molar-refractivity contribution is -0.137. The highest BCUT2D eigenvalue weighted by Gasteiger charge is 2.32. The van der Waals surface area contributed by atoms with E-state index in [2.05, 4.69) is 20.0 Å². The van der Waals surface area contributed by atoms with E-state index < -0.39 is 39.6 Å². The molecule has 0 spiro atoms. The lowest BCUT2D eigenvalue weighted by atomic mass is 10.0. The van der Waals surface area contributed by atoms with Crippen LogP contribution in [0.25, 0.3) is 11.3 Å². The average molecular weight is 540 g/mol. The molecule has 2 amide bonds. The number of imidazole rings is 1. The van der Waals surface area contributed by atoms with Gasteiger partial charge in [0.15, 0.2) is 0 Å². The number of hydrogen-bond donors (Lipinski definition) is 3. The van der Waals surface area contributed by atoms with Crippen molar-refractivity contribution in [2.24, 2.45) is 5.92 Å². The molecule has 37 heavy (non-hydrogen) atoms. The third-order valence-electron chi connectivity index (χ3n) is 6.28. The van der Waals surface area contributed by atoms with Crippen LogP contribution in [0.2, 0.25) is 0 Å². The Labute approximate surface area is 216 Å². The van der Waals surface area contributed by atoms with Crippen LogP contribution in [0.4, 0.5) is 8.78 Å². The van der Waals surface area contributed by atoms with Crippen molar-refractivity contribution in [3.8, 4) is 11.3 Å². The van der Waals surface area contributed by atoms with Crippen molar-refractivity contribution in [3.05, 3.63) is 41.9 Å². The maximum atomic E-state index is 14.2. The van der Waals surface area contributed by atoms with Gasteiger partial charge in [-0.1, -0.05) is 13.8 Å². The van der Waals surface area contributed by atoms with Gasteiger partial charge in [-0.05, 0) is 51.2 Å². The summed E-state index contributed by atoms with van der Waals surface area (Å²) in [4.78, 5) is 35.0. The van der Waals surface area contributed by atoms with Crippen LogP contribution in [-0.2, 0) is 19.6 Å². The van der Waals surface area contributed by atoms with Crippen molar-refractivity contribution in [1.82, 2.24) is 24.9 Å². The Hall–Kier alpha value is -2.86. The minimum Gasteiger partial charge on any atom is -0.345 e. The van der Waals surface area contributed by atoms with Crippen LogP contribution >= 0.6 is 0 Å². The largest absolute Gasteiger partial charge is 0.345 e. The van der Waals surface area contributed by atoms with Crippen LogP contribution < -0.4 is 10.0 Å². The molecule has 1 saturated heterocycles. The first-order valence-corrected chi connectivity index (χ1v) is 14.1. The van der Waals surface area contributed by atoms with Crippen molar-refractivity contribution in [2.45, 2.75) is 71.5 Å². The van der Waals surface area contributed by atoms with Crippen molar-refractivity contribution < 1.29 is 26.8 Å². The van der Waals surface area contributed by atoms with E-state index >= 15 is 0 Å². The molecule has 0 unspecified atom stereocenters. The minimum atomic E-state index is -3.83. The first kappa shape index (κ1) is 28.7. The van der Waals surface area contributed by atoms with E-state index in [1.165, 1.54) is 12.3 Å². The summed E-state index contributed by atoms with van der Waals surface area (Å²) in [6.45, 7) is 7.62. The molecule has 204 valence electrons. The second-order valence-corrected chi connectivity index (χ2v) is 11.8. The fourth-order valence-electron chi connectivity index (χ4n) is 4.44. The average Bonchev–Trinajstić information content (AvgIpc) is 3.28. The van der Waals surface area contributed by atoms with Crippen LogP contribution in [0.1, 0.15) is 65.2 Å². The number of nitrogens with one attached hydrogen (secondary N) is 3. The molecule has 1 aliphatic heterocycles. The monoisotopic (exact) mass is 539 g/mol. The number of amides is 2. The van der Waals surface area contributed by atoms with Crippen molar-refractivity contribution in [2.75, 3.05) is 12.3 Å². The van der Waals surface area contributed by atoms with Crippen molar-refractivity contribution in [1.29, 1.82) is 0 Å². The normalized spacial score (nSPS) is 18.0. The van der Waals surface area contributed by atoms with Crippen molar-refractivity contribution in [3.63, 3.8) is 0 Å². The molecule has 9 nitrogen and oxygen atoms in total. The molecule has 3 rings (SSSR count). The van der Waals surface area contributed by atoms with E-state index in [-0.39, 0.29) is 47.1 Å².